The van der Waals surface area contributed by atoms with Crippen molar-refractivity contribution in [3.05, 3.63) is 11.8 Å². The van der Waals surface area contributed by atoms with E-state index in [-0.39, 0.29) is 12.1 Å². The van der Waals surface area contributed by atoms with Crippen molar-refractivity contribution in [1.82, 2.24) is 0 Å². The van der Waals surface area contributed by atoms with Gasteiger partial charge >= 0.3 is 5.97 Å². The highest BCUT2D eigenvalue weighted by molar-refractivity contribution is 6.84. The summed E-state index contributed by atoms with van der Waals surface area (Å²) in [6.45, 7) is 6.68. The molecule has 0 saturated carbocycles. The lowest BCUT2D eigenvalue weighted by Crippen LogP contribution is -2.31. The first-order valence-corrected chi connectivity index (χ1v) is 9.33. The van der Waals surface area contributed by atoms with Gasteiger partial charge in [-0.3, -0.25) is 4.79 Å². The Morgan fingerprint density at radius 2 is 2.00 bits per heavy atom. The van der Waals surface area contributed by atoms with Gasteiger partial charge in [-0.15, -0.1) is 0 Å². The van der Waals surface area contributed by atoms with Crippen LogP contribution in [-0.4, -0.2) is 31.4 Å². The highest BCUT2D eigenvalue weighted by atomic mass is 28.3. The molecule has 0 aromatic heterocycles. The van der Waals surface area contributed by atoms with Crippen LogP contribution in [0.25, 0.3) is 0 Å². The quantitative estimate of drug-likeness (QED) is 0.587. The largest absolute Gasteiger partial charge is 0.459 e. The number of hydrogen-bond acceptors (Lipinski definition) is 3. The van der Waals surface area contributed by atoms with Crippen molar-refractivity contribution in [3.8, 4) is 0 Å². The van der Waals surface area contributed by atoms with Crippen LogP contribution in [0.15, 0.2) is 11.8 Å². The fourth-order valence-corrected chi connectivity index (χ4v) is 5.13. The molecule has 1 saturated heterocycles. The molecule has 1 aliphatic heterocycles. The van der Waals surface area contributed by atoms with Crippen molar-refractivity contribution in [3.63, 3.8) is 0 Å². The van der Waals surface area contributed by atoms with Crippen LogP contribution < -0.4 is 0 Å². The number of hydrogen-bond donors (Lipinski definition) is 1. The summed E-state index contributed by atoms with van der Waals surface area (Å²) in [5.74, 6) is -0.188. The van der Waals surface area contributed by atoms with Crippen LogP contribution in [0.5, 0.6) is 0 Å². The number of esters is 1. The lowest BCUT2D eigenvalue weighted by atomic mass is 10.1. The monoisotopic (exact) mass is 256 g/mol. The van der Waals surface area contributed by atoms with Crippen LogP contribution in [-0.2, 0) is 9.53 Å². The normalized spacial score (nSPS) is 23.1. The molecule has 1 aliphatic rings. The molecule has 0 aliphatic carbocycles. The Morgan fingerprint density at radius 1 is 1.41 bits per heavy atom. The van der Waals surface area contributed by atoms with Gasteiger partial charge in [0.25, 0.3) is 0 Å². The molecule has 0 aromatic rings. The molecule has 0 aromatic carbocycles. The molecular weight excluding hydrogens is 232 g/mol. The van der Waals surface area contributed by atoms with Crippen molar-refractivity contribution >= 4 is 14.0 Å². The number of carbonyl (C=O) groups is 1. The number of carbonyl (C=O) groups excluding carboxylic acids is 1. The Hall–Kier alpha value is -0.613. The minimum Gasteiger partial charge on any atom is -0.459 e. The van der Waals surface area contributed by atoms with Gasteiger partial charge in [0, 0.05) is 6.42 Å². The van der Waals surface area contributed by atoms with E-state index in [1.807, 2.05) is 6.08 Å². The Morgan fingerprint density at radius 3 is 2.41 bits per heavy atom. The molecule has 17 heavy (non-hydrogen) atoms. The molecule has 0 spiro atoms. The van der Waals surface area contributed by atoms with Gasteiger partial charge in [-0.2, -0.15) is 0 Å². The first kappa shape index (κ1) is 14.4. The number of cyclic esters (lactones) is 1. The Kier molecular flexibility index (Phi) is 5.40. The van der Waals surface area contributed by atoms with E-state index in [9.17, 15) is 9.90 Å². The second-order valence-electron chi connectivity index (χ2n) is 4.84. The summed E-state index contributed by atoms with van der Waals surface area (Å²) in [4.78, 5) is 11.0. The average molecular weight is 256 g/mol. The van der Waals surface area contributed by atoms with Crippen molar-refractivity contribution in [2.24, 2.45) is 0 Å². The number of aliphatic hydroxyl groups is 1. The predicted octanol–water partition coefficient (Wildman–Crippen LogP) is 2.66. The third kappa shape index (κ3) is 3.68. The first-order valence-electron chi connectivity index (χ1n) is 6.63. The molecule has 1 heterocycles. The highest BCUT2D eigenvalue weighted by Crippen LogP contribution is 2.23. The summed E-state index contributed by atoms with van der Waals surface area (Å²) in [6.07, 6.45) is 2.00. The van der Waals surface area contributed by atoms with Crippen molar-refractivity contribution in [2.75, 3.05) is 0 Å². The van der Waals surface area contributed by atoms with E-state index in [1.54, 1.807) is 0 Å². The van der Waals surface area contributed by atoms with Gasteiger partial charge < -0.3 is 9.84 Å². The summed E-state index contributed by atoms with van der Waals surface area (Å²) in [5, 5.41) is 9.97. The summed E-state index contributed by atoms with van der Waals surface area (Å²) in [7, 11) is -1.33. The van der Waals surface area contributed by atoms with Crippen LogP contribution >= 0.6 is 0 Å². The highest BCUT2D eigenvalue weighted by Gasteiger charge is 2.29. The summed E-state index contributed by atoms with van der Waals surface area (Å²) < 4.78 is 5.06. The lowest BCUT2D eigenvalue weighted by Gasteiger charge is -2.24. The lowest BCUT2D eigenvalue weighted by molar-refractivity contribution is -0.144. The smallest absolute Gasteiger partial charge is 0.306 e. The zero-order valence-electron chi connectivity index (χ0n) is 11.1. The molecule has 0 radical (unpaired) electrons. The number of aliphatic hydroxyl groups excluding tert-OH is 1. The summed E-state index contributed by atoms with van der Waals surface area (Å²) in [5.41, 5.74) is 2.24. The van der Waals surface area contributed by atoms with Crippen molar-refractivity contribution in [1.29, 1.82) is 0 Å². The molecule has 0 bridgehead atoms. The second kappa shape index (κ2) is 6.35. The molecule has 0 amide bonds. The zero-order chi connectivity index (χ0) is 12.9. The van der Waals surface area contributed by atoms with E-state index in [2.05, 4.69) is 26.5 Å². The van der Waals surface area contributed by atoms with Crippen molar-refractivity contribution < 1.29 is 14.6 Å². The third-order valence-corrected chi connectivity index (χ3v) is 9.18. The van der Waals surface area contributed by atoms with Gasteiger partial charge in [-0.05, 0) is 6.42 Å². The number of ether oxygens (including phenoxy) is 1. The molecule has 4 heteroatoms. The van der Waals surface area contributed by atoms with Gasteiger partial charge in [-0.1, -0.05) is 50.7 Å². The van der Waals surface area contributed by atoms with Crippen LogP contribution in [0.1, 0.15) is 33.6 Å². The van der Waals surface area contributed by atoms with Crippen molar-refractivity contribution in [2.45, 2.75) is 64.0 Å². The van der Waals surface area contributed by atoms with E-state index in [0.717, 1.165) is 0 Å². The Balaban J connectivity index is 2.59. The zero-order valence-corrected chi connectivity index (χ0v) is 12.1. The Bertz CT molecular complexity index is 276. The van der Waals surface area contributed by atoms with E-state index < -0.39 is 14.2 Å². The summed E-state index contributed by atoms with van der Waals surface area (Å²) in [6, 6.07) is 3.61. The molecule has 1 fully saturated rings. The molecule has 3 nitrogen and oxygen atoms in total. The maximum absolute atomic E-state index is 11.0. The van der Waals surface area contributed by atoms with Gasteiger partial charge in [0.2, 0.25) is 0 Å². The van der Waals surface area contributed by atoms with E-state index in [4.69, 9.17) is 4.74 Å². The second-order valence-corrected chi connectivity index (χ2v) is 10.0. The third-order valence-electron chi connectivity index (χ3n) is 4.06. The molecule has 98 valence electrons. The Labute approximate surface area is 105 Å². The first-order chi connectivity index (χ1) is 8.06. The van der Waals surface area contributed by atoms with Crippen LogP contribution in [0.4, 0.5) is 0 Å². The molecule has 1 rings (SSSR count). The van der Waals surface area contributed by atoms with Gasteiger partial charge in [0.05, 0.1) is 8.07 Å². The minimum absolute atomic E-state index is 0.188. The van der Waals surface area contributed by atoms with Gasteiger partial charge in [-0.25, -0.2) is 0 Å². The predicted molar refractivity (Wildman–Crippen MR) is 71.5 cm³/mol. The van der Waals surface area contributed by atoms with Crippen LogP contribution in [0.2, 0.25) is 18.1 Å². The summed E-state index contributed by atoms with van der Waals surface area (Å²) >= 11 is 0. The minimum atomic E-state index is -1.33. The molecule has 2 atom stereocenters. The van der Waals surface area contributed by atoms with Crippen LogP contribution in [0, 0.1) is 0 Å². The average Bonchev–Trinajstić information content (AvgIpc) is 2.78. The topological polar surface area (TPSA) is 46.5 Å². The fraction of sp³-hybridized carbons (Fsp3) is 0.769. The van der Waals surface area contributed by atoms with Gasteiger partial charge in [0.1, 0.15) is 12.2 Å². The van der Waals surface area contributed by atoms with E-state index >= 15 is 0 Å². The fourth-order valence-electron chi connectivity index (χ4n) is 2.32. The molecule has 0 unspecified atom stereocenters. The maximum Gasteiger partial charge on any atom is 0.306 e. The van der Waals surface area contributed by atoms with E-state index in [1.165, 1.54) is 18.1 Å². The number of rotatable bonds is 6. The van der Waals surface area contributed by atoms with E-state index in [0.29, 0.717) is 12.8 Å². The molecule has 1 N–H and O–H groups in total. The SMILES string of the molecule is CC[Si](/C=C/[C@@H](O)[C@@H]1CCC(=O)O1)(CC)CC. The molecular formula is C13H24O3Si. The van der Waals surface area contributed by atoms with Crippen LogP contribution in [0.3, 0.4) is 0 Å². The van der Waals surface area contributed by atoms with Gasteiger partial charge in [0.15, 0.2) is 0 Å². The maximum atomic E-state index is 11.0. The standard InChI is InChI=1S/C13H24O3Si/c1-4-17(5-2,6-3)10-9-11(14)12-7-8-13(15)16-12/h9-12,14H,4-8H2,1-3H3/b10-9+/t11-,12+/m1/s1.